The van der Waals surface area contributed by atoms with Crippen molar-refractivity contribution in [2.75, 3.05) is 7.05 Å². The second-order valence-electron chi connectivity index (χ2n) is 8.42. The van der Waals surface area contributed by atoms with Crippen molar-refractivity contribution in [1.29, 1.82) is 0 Å². The Morgan fingerprint density at radius 1 is 1.29 bits per heavy atom. The molecule has 0 aromatic carbocycles. The summed E-state index contributed by atoms with van der Waals surface area (Å²) in [6.45, 7) is 1.86. The number of hydrogen-bond donors (Lipinski definition) is 3. The highest BCUT2D eigenvalue weighted by Gasteiger charge is 2.80. The Labute approximate surface area is 162 Å². The summed E-state index contributed by atoms with van der Waals surface area (Å²) in [5.41, 5.74) is 4.01. The van der Waals surface area contributed by atoms with Crippen LogP contribution in [0.25, 0.3) is 0 Å². The number of nitrogens with one attached hydrogen (secondary N) is 1. The summed E-state index contributed by atoms with van der Waals surface area (Å²) in [6.07, 6.45) is 3.89. The van der Waals surface area contributed by atoms with Crippen molar-refractivity contribution in [3.8, 4) is 0 Å². The monoisotopic (exact) mass is 394 g/mol. The molecular weight excluding hydrogens is 368 g/mol. The maximum absolute atomic E-state index is 12.8. The second kappa shape index (κ2) is 6.10. The van der Waals surface area contributed by atoms with Crippen LogP contribution in [-0.2, 0) is 23.8 Å². The highest BCUT2D eigenvalue weighted by atomic mass is 16.7. The number of alkyl carbamates (subject to hydrolysis) is 1. The molecule has 2 amide bonds. The van der Waals surface area contributed by atoms with Gasteiger partial charge in [-0.25, -0.2) is 9.59 Å². The van der Waals surface area contributed by atoms with Crippen molar-refractivity contribution in [3.63, 3.8) is 0 Å². The zero-order valence-electron chi connectivity index (χ0n) is 16.0. The highest BCUT2D eigenvalue weighted by Crippen LogP contribution is 2.68. The number of carboxylic acid groups (broad SMARTS) is 1. The lowest BCUT2D eigenvalue weighted by Gasteiger charge is -2.54. The van der Waals surface area contributed by atoms with E-state index in [2.05, 4.69) is 5.32 Å². The van der Waals surface area contributed by atoms with E-state index < -0.39 is 46.6 Å². The number of epoxide rings is 1. The molecule has 0 aromatic rings. The summed E-state index contributed by atoms with van der Waals surface area (Å²) in [5.74, 6) is -4.52. The van der Waals surface area contributed by atoms with Gasteiger partial charge >= 0.3 is 12.1 Å². The number of aliphatic carboxylic acids is 1. The Bertz CT molecular complexity index is 759. The lowest BCUT2D eigenvalue weighted by atomic mass is 9.59. The zero-order chi connectivity index (χ0) is 20.3. The van der Waals surface area contributed by atoms with Crippen LogP contribution in [0.4, 0.5) is 4.79 Å². The summed E-state index contributed by atoms with van der Waals surface area (Å²) in [4.78, 5) is 37.0. The van der Waals surface area contributed by atoms with Crippen molar-refractivity contribution >= 4 is 18.0 Å². The SMILES string of the molecule is CNC(=O)OC1(C2(C(N)=O)CCCCC2)OC=C(C(=O)O)C2CC3OC3(C)C21. The number of ether oxygens (including phenoxy) is 3. The minimum absolute atomic E-state index is 0.105. The first kappa shape index (κ1) is 19.0. The minimum atomic E-state index is -1.72. The fraction of sp³-hybridized carbons (Fsp3) is 0.737. The van der Waals surface area contributed by atoms with Crippen LogP contribution < -0.4 is 11.1 Å². The van der Waals surface area contributed by atoms with Gasteiger partial charge in [0, 0.05) is 13.0 Å². The van der Waals surface area contributed by atoms with E-state index in [9.17, 15) is 19.5 Å². The third kappa shape index (κ3) is 2.31. The number of primary amides is 1. The second-order valence-corrected chi connectivity index (χ2v) is 8.42. The quantitative estimate of drug-likeness (QED) is 0.610. The van der Waals surface area contributed by atoms with E-state index in [0.29, 0.717) is 19.3 Å². The van der Waals surface area contributed by atoms with Crippen LogP contribution in [0.1, 0.15) is 45.4 Å². The molecule has 0 aromatic heterocycles. The molecule has 4 N–H and O–H groups in total. The first-order valence-corrected chi connectivity index (χ1v) is 9.71. The Morgan fingerprint density at radius 3 is 2.54 bits per heavy atom. The van der Waals surface area contributed by atoms with Crippen LogP contribution in [0.2, 0.25) is 0 Å². The molecule has 1 saturated heterocycles. The summed E-state index contributed by atoms with van der Waals surface area (Å²) in [5, 5.41) is 12.1. The number of amides is 2. The molecule has 3 fully saturated rings. The molecule has 5 atom stereocenters. The molecule has 2 aliphatic carbocycles. The smallest absolute Gasteiger partial charge is 0.410 e. The van der Waals surface area contributed by atoms with Crippen molar-refractivity contribution in [3.05, 3.63) is 11.8 Å². The molecule has 4 rings (SSSR count). The zero-order valence-corrected chi connectivity index (χ0v) is 16.0. The van der Waals surface area contributed by atoms with Gasteiger partial charge in [-0.1, -0.05) is 19.3 Å². The molecule has 9 nitrogen and oxygen atoms in total. The fourth-order valence-electron chi connectivity index (χ4n) is 5.77. The maximum atomic E-state index is 12.8. The van der Waals surface area contributed by atoms with Gasteiger partial charge in [0.2, 0.25) is 5.91 Å². The molecule has 0 radical (unpaired) electrons. The van der Waals surface area contributed by atoms with Gasteiger partial charge in [0.15, 0.2) is 0 Å². The number of nitrogens with two attached hydrogens (primary N) is 1. The molecule has 0 spiro atoms. The van der Waals surface area contributed by atoms with Crippen molar-refractivity contribution < 1.29 is 33.7 Å². The number of carbonyl (C=O) groups excluding carboxylic acids is 2. The molecule has 4 aliphatic rings. The Morgan fingerprint density at radius 2 is 1.96 bits per heavy atom. The van der Waals surface area contributed by atoms with Crippen LogP contribution in [-0.4, -0.2) is 47.6 Å². The number of rotatable bonds is 4. The van der Waals surface area contributed by atoms with Gasteiger partial charge in [-0.15, -0.1) is 0 Å². The summed E-state index contributed by atoms with van der Waals surface area (Å²) in [6, 6.07) is 0. The number of carbonyl (C=O) groups is 3. The lowest BCUT2D eigenvalue weighted by Crippen LogP contribution is -2.68. The van der Waals surface area contributed by atoms with Gasteiger partial charge in [0.05, 0.1) is 23.9 Å². The van der Waals surface area contributed by atoms with E-state index in [0.717, 1.165) is 25.5 Å². The van der Waals surface area contributed by atoms with E-state index in [1.54, 1.807) is 0 Å². The molecule has 2 saturated carbocycles. The predicted octanol–water partition coefficient (Wildman–Crippen LogP) is 1.27. The van der Waals surface area contributed by atoms with Gasteiger partial charge < -0.3 is 30.4 Å². The molecule has 2 heterocycles. The largest absolute Gasteiger partial charge is 0.478 e. The van der Waals surface area contributed by atoms with E-state index in [4.69, 9.17) is 19.9 Å². The van der Waals surface area contributed by atoms with Crippen LogP contribution in [0.15, 0.2) is 11.8 Å². The summed E-state index contributed by atoms with van der Waals surface area (Å²) >= 11 is 0. The number of carboxylic acids is 1. The fourth-order valence-corrected chi connectivity index (χ4v) is 5.77. The predicted molar refractivity (Wildman–Crippen MR) is 94.7 cm³/mol. The summed E-state index contributed by atoms with van der Waals surface area (Å²) < 4.78 is 17.7. The first-order chi connectivity index (χ1) is 13.2. The van der Waals surface area contributed by atoms with Crippen LogP contribution in [0, 0.1) is 17.3 Å². The average Bonchev–Trinajstić information content (AvgIpc) is 3.22. The summed E-state index contributed by atoms with van der Waals surface area (Å²) in [7, 11) is 1.42. The molecule has 28 heavy (non-hydrogen) atoms. The molecule has 2 aliphatic heterocycles. The van der Waals surface area contributed by atoms with Crippen molar-refractivity contribution in [1.82, 2.24) is 5.32 Å². The van der Waals surface area contributed by atoms with Crippen LogP contribution in [0.3, 0.4) is 0 Å². The van der Waals surface area contributed by atoms with Gasteiger partial charge in [-0.3, -0.25) is 4.79 Å². The van der Waals surface area contributed by atoms with Crippen LogP contribution >= 0.6 is 0 Å². The Balaban J connectivity index is 1.91. The number of hydrogen-bond acceptors (Lipinski definition) is 6. The first-order valence-electron chi connectivity index (χ1n) is 9.71. The van der Waals surface area contributed by atoms with E-state index in [1.807, 2.05) is 6.92 Å². The van der Waals surface area contributed by atoms with Crippen LogP contribution in [0.5, 0.6) is 0 Å². The highest BCUT2D eigenvalue weighted by molar-refractivity contribution is 5.88. The molecule has 0 bridgehead atoms. The molecule has 154 valence electrons. The molecular formula is C19H26N2O7. The third-order valence-electron chi connectivity index (χ3n) is 7.18. The van der Waals surface area contributed by atoms with Crippen molar-refractivity contribution in [2.45, 2.75) is 62.9 Å². The molecule has 5 unspecified atom stereocenters. The topological polar surface area (TPSA) is 140 Å². The Hall–Kier alpha value is -2.29. The van der Waals surface area contributed by atoms with E-state index >= 15 is 0 Å². The average molecular weight is 394 g/mol. The standard InChI is InChI=1S/C19H26N2O7/c1-17-12(27-17)8-10-11(14(22)23)9-26-19(13(10)17,28-16(25)21-2)18(15(20)24)6-4-3-5-7-18/h9-10,12-13H,3-8H2,1-2H3,(H2,20,24)(H,21,25)(H,22,23). The Kier molecular flexibility index (Phi) is 4.15. The maximum Gasteiger partial charge on any atom is 0.410 e. The number of fused-ring (bicyclic) bond motifs is 3. The van der Waals surface area contributed by atoms with Gasteiger partial charge in [-0.2, -0.15) is 0 Å². The lowest BCUT2D eigenvalue weighted by molar-refractivity contribution is -0.295. The van der Waals surface area contributed by atoms with Gasteiger partial charge in [0.1, 0.15) is 11.0 Å². The minimum Gasteiger partial charge on any atom is -0.478 e. The molecule has 9 heteroatoms. The van der Waals surface area contributed by atoms with Gasteiger partial charge in [0.25, 0.3) is 5.79 Å². The van der Waals surface area contributed by atoms with Crippen molar-refractivity contribution in [2.24, 2.45) is 23.0 Å². The third-order valence-corrected chi connectivity index (χ3v) is 7.18. The van der Waals surface area contributed by atoms with Gasteiger partial charge in [-0.05, 0) is 26.2 Å². The van der Waals surface area contributed by atoms with E-state index in [1.165, 1.54) is 7.05 Å². The van der Waals surface area contributed by atoms with E-state index in [-0.39, 0.29) is 11.7 Å². The normalized spacial score (nSPS) is 40.2.